The van der Waals surface area contributed by atoms with Crippen molar-refractivity contribution >= 4 is 5.97 Å². The lowest BCUT2D eigenvalue weighted by atomic mass is 10.1. The van der Waals surface area contributed by atoms with Gasteiger partial charge in [-0.25, -0.2) is 0 Å². The Bertz CT molecular complexity index is 229. The van der Waals surface area contributed by atoms with E-state index in [4.69, 9.17) is 15.2 Å². The third kappa shape index (κ3) is 7.13. The van der Waals surface area contributed by atoms with Crippen LogP contribution in [0.5, 0.6) is 0 Å². The molecule has 0 rings (SSSR count). The average molecular weight is 243 g/mol. The molecule has 0 aromatic heterocycles. The maximum Gasteiger partial charge on any atom is 0.322 e. The molecule has 0 spiro atoms. The highest BCUT2D eigenvalue weighted by Crippen LogP contribution is 2.10. The predicted octanol–water partition coefficient (Wildman–Crippen LogP) is 2.03. The standard InChI is InChI=1S/C13H25NO3/c1-5-7-9-16-12(8-6-2)11(4)17-13(15)10(3)14/h6,10-12H,2,5,7-9,14H2,1,3-4H3/t10-,11-,12+/m0/s1. The maximum atomic E-state index is 11.4. The fourth-order valence-corrected chi connectivity index (χ4v) is 1.30. The minimum Gasteiger partial charge on any atom is -0.459 e. The number of rotatable bonds is 9. The molecule has 4 nitrogen and oxygen atoms in total. The molecule has 0 bridgehead atoms. The molecular weight excluding hydrogens is 218 g/mol. The summed E-state index contributed by atoms with van der Waals surface area (Å²) in [7, 11) is 0. The number of nitrogens with two attached hydrogens (primary N) is 1. The van der Waals surface area contributed by atoms with Crippen molar-refractivity contribution in [1.29, 1.82) is 0 Å². The largest absolute Gasteiger partial charge is 0.459 e. The van der Waals surface area contributed by atoms with E-state index in [0.29, 0.717) is 13.0 Å². The van der Waals surface area contributed by atoms with Crippen molar-refractivity contribution < 1.29 is 14.3 Å². The Kier molecular flexibility index (Phi) is 8.72. The SMILES string of the molecule is C=CC[C@@H](OCCCC)[C@H](C)OC(=O)[C@H](C)N. The highest BCUT2D eigenvalue weighted by atomic mass is 16.6. The van der Waals surface area contributed by atoms with Crippen molar-refractivity contribution in [3.8, 4) is 0 Å². The highest BCUT2D eigenvalue weighted by Gasteiger charge is 2.21. The number of carbonyl (C=O) groups excluding carboxylic acids is 1. The van der Waals surface area contributed by atoms with Crippen molar-refractivity contribution in [3.63, 3.8) is 0 Å². The van der Waals surface area contributed by atoms with Gasteiger partial charge in [-0.15, -0.1) is 6.58 Å². The van der Waals surface area contributed by atoms with E-state index in [1.807, 2.05) is 6.92 Å². The van der Waals surface area contributed by atoms with E-state index in [2.05, 4.69) is 13.5 Å². The van der Waals surface area contributed by atoms with Crippen LogP contribution in [0.2, 0.25) is 0 Å². The summed E-state index contributed by atoms with van der Waals surface area (Å²) in [6.07, 6.45) is 4.07. The first-order valence-corrected chi connectivity index (χ1v) is 6.21. The van der Waals surface area contributed by atoms with E-state index >= 15 is 0 Å². The van der Waals surface area contributed by atoms with Gasteiger partial charge in [0.2, 0.25) is 0 Å². The van der Waals surface area contributed by atoms with Crippen LogP contribution in [-0.2, 0) is 14.3 Å². The number of esters is 1. The van der Waals surface area contributed by atoms with Crippen LogP contribution in [-0.4, -0.2) is 30.8 Å². The molecule has 0 aromatic carbocycles. The number of carbonyl (C=O) groups is 1. The molecule has 100 valence electrons. The van der Waals surface area contributed by atoms with Crippen LogP contribution in [0.3, 0.4) is 0 Å². The van der Waals surface area contributed by atoms with Gasteiger partial charge in [0, 0.05) is 6.61 Å². The summed E-state index contributed by atoms with van der Waals surface area (Å²) in [4.78, 5) is 11.4. The van der Waals surface area contributed by atoms with Crippen LogP contribution in [0.1, 0.15) is 40.0 Å². The molecular formula is C13H25NO3. The monoisotopic (exact) mass is 243 g/mol. The van der Waals surface area contributed by atoms with Crippen molar-refractivity contribution in [2.75, 3.05) is 6.61 Å². The van der Waals surface area contributed by atoms with Gasteiger partial charge in [-0.1, -0.05) is 19.4 Å². The van der Waals surface area contributed by atoms with Gasteiger partial charge in [0.25, 0.3) is 0 Å². The number of hydrogen-bond donors (Lipinski definition) is 1. The second-order valence-corrected chi connectivity index (χ2v) is 4.22. The quantitative estimate of drug-likeness (QED) is 0.382. The molecule has 0 radical (unpaired) electrons. The Morgan fingerprint density at radius 2 is 2.12 bits per heavy atom. The highest BCUT2D eigenvalue weighted by molar-refractivity contribution is 5.75. The molecule has 4 heteroatoms. The fourth-order valence-electron chi connectivity index (χ4n) is 1.30. The van der Waals surface area contributed by atoms with Crippen LogP contribution < -0.4 is 5.73 Å². The summed E-state index contributed by atoms with van der Waals surface area (Å²) in [5, 5.41) is 0. The molecule has 0 heterocycles. The molecule has 0 saturated heterocycles. The number of ether oxygens (including phenoxy) is 2. The lowest BCUT2D eigenvalue weighted by molar-refractivity contribution is -0.157. The van der Waals surface area contributed by atoms with Crippen molar-refractivity contribution in [3.05, 3.63) is 12.7 Å². The third-order valence-electron chi connectivity index (χ3n) is 2.43. The van der Waals surface area contributed by atoms with Gasteiger partial charge in [0.1, 0.15) is 12.1 Å². The number of unbranched alkanes of at least 4 members (excludes halogenated alkanes) is 1. The van der Waals surface area contributed by atoms with Gasteiger partial charge in [-0.2, -0.15) is 0 Å². The summed E-state index contributed by atoms with van der Waals surface area (Å²) in [6, 6.07) is -0.600. The van der Waals surface area contributed by atoms with E-state index in [0.717, 1.165) is 12.8 Å². The molecule has 0 saturated carbocycles. The van der Waals surface area contributed by atoms with Crippen LogP contribution in [0.4, 0.5) is 0 Å². The average Bonchev–Trinajstić information content (AvgIpc) is 2.27. The Morgan fingerprint density at radius 3 is 2.59 bits per heavy atom. The normalized spacial score (nSPS) is 16.0. The zero-order chi connectivity index (χ0) is 13.3. The molecule has 17 heavy (non-hydrogen) atoms. The first-order valence-electron chi connectivity index (χ1n) is 6.21. The minimum absolute atomic E-state index is 0.137. The van der Waals surface area contributed by atoms with Crippen LogP contribution in [0, 0.1) is 0 Å². The van der Waals surface area contributed by atoms with E-state index in [1.165, 1.54) is 0 Å². The van der Waals surface area contributed by atoms with Gasteiger partial charge in [-0.3, -0.25) is 4.79 Å². The smallest absolute Gasteiger partial charge is 0.322 e. The Hall–Kier alpha value is -0.870. The Balaban J connectivity index is 4.17. The molecule has 0 aliphatic carbocycles. The lowest BCUT2D eigenvalue weighted by Crippen LogP contribution is -2.37. The van der Waals surface area contributed by atoms with E-state index in [-0.39, 0.29) is 12.2 Å². The molecule has 0 aromatic rings. The minimum atomic E-state index is -0.600. The molecule has 2 N–H and O–H groups in total. The molecule has 0 aliphatic heterocycles. The van der Waals surface area contributed by atoms with E-state index in [9.17, 15) is 4.79 Å². The lowest BCUT2D eigenvalue weighted by Gasteiger charge is -2.24. The van der Waals surface area contributed by atoms with E-state index < -0.39 is 12.0 Å². The first-order chi connectivity index (χ1) is 8.02. The van der Waals surface area contributed by atoms with Gasteiger partial charge >= 0.3 is 5.97 Å². The summed E-state index contributed by atoms with van der Waals surface area (Å²) >= 11 is 0. The van der Waals surface area contributed by atoms with Gasteiger partial charge < -0.3 is 15.2 Å². The topological polar surface area (TPSA) is 61.5 Å². The van der Waals surface area contributed by atoms with Crippen molar-refractivity contribution in [2.45, 2.75) is 58.3 Å². The summed E-state index contributed by atoms with van der Waals surface area (Å²) < 4.78 is 10.9. The molecule has 0 fully saturated rings. The fraction of sp³-hybridized carbons (Fsp3) is 0.769. The number of hydrogen-bond acceptors (Lipinski definition) is 4. The van der Waals surface area contributed by atoms with E-state index in [1.54, 1.807) is 13.0 Å². The molecule has 0 unspecified atom stereocenters. The zero-order valence-electron chi connectivity index (χ0n) is 11.1. The Morgan fingerprint density at radius 1 is 1.47 bits per heavy atom. The van der Waals surface area contributed by atoms with Gasteiger partial charge in [-0.05, 0) is 26.7 Å². The molecule has 3 atom stereocenters. The zero-order valence-corrected chi connectivity index (χ0v) is 11.1. The van der Waals surface area contributed by atoms with Gasteiger partial charge in [0.05, 0.1) is 6.10 Å². The van der Waals surface area contributed by atoms with Crippen LogP contribution in [0.25, 0.3) is 0 Å². The molecule has 0 amide bonds. The van der Waals surface area contributed by atoms with Crippen molar-refractivity contribution in [1.82, 2.24) is 0 Å². The maximum absolute atomic E-state index is 11.4. The van der Waals surface area contributed by atoms with Crippen molar-refractivity contribution in [2.24, 2.45) is 5.73 Å². The van der Waals surface area contributed by atoms with Crippen LogP contribution >= 0.6 is 0 Å². The van der Waals surface area contributed by atoms with Crippen LogP contribution in [0.15, 0.2) is 12.7 Å². The second-order valence-electron chi connectivity index (χ2n) is 4.22. The summed E-state index contributed by atoms with van der Waals surface area (Å²) in [5.41, 5.74) is 5.44. The van der Waals surface area contributed by atoms with Gasteiger partial charge in [0.15, 0.2) is 0 Å². The predicted molar refractivity (Wildman–Crippen MR) is 68.7 cm³/mol. The first kappa shape index (κ1) is 16.1. The summed E-state index contributed by atoms with van der Waals surface area (Å²) in [6.45, 7) is 9.88. The third-order valence-corrected chi connectivity index (χ3v) is 2.43. The summed E-state index contributed by atoms with van der Waals surface area (Å²) in [5.74, 6) is -0.398. The Labute approximate surface area is 104 Å². The molecule has 0 aliphatic rings. The second kappa shape index (κ2) is 9.19.